The summed E-state index contributed by atoms with van der Waals surface area (Å²) in [4.78, 5) is 14.5. The number of aromatic nitrogens is 3. The normalized spacial score (nSPS) is 27.5. The first-order chi connectivity index (χ1) is 10.6. The van der Waals surface area contributed by atoms with Gasteiger partial charge in [-0.1, -0.05) is 24.5 Å². The molecule has 2 fully saturated rings. The van der Waals surface area contributed by atoms with E-state index in [0.29, 0.717) is 32.4 Å². The molecule has 0 bridgehead atoms. The molecule has 2 aliphatic rings. The number of aliphatic hydroxyl groups is 1. The van der Waals surface area contributed by atoms with Crippen LogP contribution in [-0.4, -0.2) is 49.6 Å². The minimum atomic E-state index is -0.991. The number of carbonyl (C=O) groups excluding carboxylic acids is 1. The molecule has 0 spiro atoms. The summed E-state index contributed by atoms with van der Waals surface area (Å²) in [5, 5.41) is 27.8. The molecular weight excluding hydrogens is 282 g/mol. The lowest BCUT2D eigenvalue weighted by atomic mass is 9.74. The molecule has 22 heavy (non-hydrogen) atoms. The van der Waals surface area contributed by atoms with E-state index in [1.807, 2.05) is 0 Å². The summed E-state index contributed by atoms with van der Waals surface area (Å²) in [6, 6.07) is 2.27. The Labute approximate surface area is 129 Å². The maximum atomic E-state index is 12.8. The van der Waals surface area contributed by atoms with Crippen LogP contribution in [0.15, 0.2) is 12.4 Å². The van der Waals surface area contributed by atoms with Crippen LogP contribution in [0.5, 0.6) is 0 Å². The summed E-state index contributed by atoms with van der Waals surface area (Å²) in [6.45, 7) is 1.07. The maximum Gasteiger partial charge on any atom is 0.243 e. The van der Waals surface area contributed by atoms with Crippen molar-refractivity contribution < 1.29 is 9.90 Å². The molecule has 1 aliphatic carbocycles. The lowest BCUT2D eigenvalue weighted by Gasteiger charge is -2.33. The van der Waals surface area contributed by atoms with Crippen molar-refractivity contribution in [3.63, 3.8) is 0 Å². The maximum absolute atomic E-state index is 12.8. The molecule has 1 aliphatic heterocycles. The average Bonchev–Trinajstić information content (AvgIpc) is 3.17. The molecule has 0 radical (unpaired) electrons. The van der Waals surface area contributed by atoms with Crippen molar-refractivity contribution in [2.24, 2.45) is 5.41 Å². The highest BCUT2D eigenvalue weighted by Gasteiger charge is 2.47. The molecule has 1 unspecified atom stereocenters. The van der Waals surface area contributed by atoms with Crippen LogP contribution in [0.2, 0.25) is 0 Å². The highest BCUT2D eigenvalue weighted by atomic mass is 16.3. The second-order valence-corrected chi connectivity index (χ2v) is 6.56. The summed E-state index contributed by atoms with van der Waals surface area (Å²) in [5.41, 5.74) is -1.87. The van der Waals surface area contributed by atoms with Gasteiger partial charge in [0.15, 0.2) is 0 Å². The lowest BCUT2D eigenvalue weighted by molar-refractivity contribution is -0.140. The number of hydrogen-bond acceptors (Lipinski definition) is 5. The number of rotatable bonds is 3. The van der Waals surface area contributed by atoms with Gasteiger partial charge in [0.1, 0.15) is 11.0 Å². The SMILES string of the molecule is N#CC1(C(=O)N2CCC(O)(Cn3ccnn3)C2)CCCCC1. The Kier molecular flexibility index (Phi) is 3.87. The van der Waals surface area contributed by atoms with Gasteiger partial charge in [0, 0.05) is 12.7 Å². The van der Waals surface area contributed by atoms with Crippen LogP contribution < -0.4 is 0 Å². The zero-order valence-corrected chi connectivity index (χ0v) is 12.6. The van der Waals surface area contributed by atoms with Gasteiger partial charge in [-0.05, 0) is 19.3 Å². The minimum absolute atomic E-state index is 0.107. The van der Waals surface area contributed by atoms with E-state index in [-0.39, 0.29) is 12.5 Å². The Hall–Kier alpha value is -1.94. The van der Waals surface area contributed by atoms with Crippen LogP contribution in [0, 0.1) is 16.7 Å². The smallest absolute Gasteiger partial charge is 0.243 e. The minimum Gasteiger partial charge on any atom is -0.386 e. The standard InChI is InChI=1S/C15H21N5O2/c16-10-14(4-2-1-3-5-14)13(21)19-8-6-15(22,11-19)12-20-9-7-17-18-20/h7,9,22H,1-6,8,11-12H2. The zero-order valence-electron chi connectivity index (χ0n) is 12.6. The fourth-order valence-electron chi connectivity index (χ4n) is 3.61. The van der Waals surface area contributed by atoms with Crippen LogP contribution in [0.25, 0.3) is 0 Å². The van der Waals surface area contributed by atoms with Gasteiger partial charge in [-0.3, -0.25) is 4.79 Å². The molecule has 1 amide bonds. The molecule has 0 aromatic carbocycles. The first-order valence-corrected chi connectivity index (χ1v) is 7.84. The fraction of sp³-hybridized carbons (Fsp3) is 0.733. The molecule has 7 heteroatoms. The fourth-order valence-corrected chi connectivity index (χ4v) is 3.61. The van der Waals surface area contributed by atoms with Crippen molar-refractivity contribution in [3.8, 4) is 6.07 Å². The Balaban J connectivity index is 1.69. The van der Waals surface area contributed by atoms with E-state index in [1.165, 1.54) is 0 Å². The Morgan fingerprint density at radius 1 is 1.32 bits per heavy atom. The van der Waals surface area contributed by atoms with Gasteiger partial charge in [0.2, 0.25) is 5.91 Å². The topological polar surface area (TPSA) is 95.0 Å². The molecule has 1 saturated heterocycles. The van der Waals surface area contributed by atoms with E-state index >= 15 is 0 Å². The van der Waals surface area contributed by atoms with E-state index in [9.17, 15) is 15.2 Å². The van der Waals surface area contributed by atoms with Gasteiger partial charge in [0.25, 0.3) is 0 Å². The number of nitriles is 1. The number of likely N-dealkylation sites (tertiary alicyclic amines) is 1. The highest BCUT2D eigenvalue weighted by Crippen LogP contribution is 2.39. The van der Waals surface area contributed by atoms with Gasteiger partial charge in [0.05, 0.1) is 25.4 Å². The largest absolute Gasteiger partial charge is 0.386 e. The molecule has 1 aromatic heterocycles. The van der Waals surface area contributed by atoms with Gasteiger partial charge in [-0.15, -0.1) is 5.10 Å². The van der Waals surface area contributed by atoms with Crippen LogP contribution in [0.4, 0.5) is 0 Å². The van der Waals surface area contributed by atoms with E-state index in [4.69, 9.17) is 0 Å². The Bertz CT molecular complexity index is 573. The third kappa shape index (κ3) is 2.71. The summed E-state index contributed by atoms with van der Waals surface area (Å²) >= 11 is 0. The second kappa shape index (κ2) is 5.69. The van der Waals surface area contributed by atoms with Crippen LogP contribution in [0.3, 0.4) is 0 Å². The third-order valence-corrected chi connectivity index (χ3v) is 4.88. The zero-order chi connectivity index (χ0) is 15.6. The quantitative estimate of drug-likeness (QED) is 0.887. The highest BCUT2D eigenvalue weighted by molar-refractivity contribution is 5.86. The van der Waals surface area contributed by atoms with Crippen LogP contribution in [-0.2, 0) is 11.3 Å². The van der Waals surface area contributed by atoms with Crippen molar-refractivity contribution in [2.45, 2.75) is 50.7 Å². The van der Waals surface area contributed by atoms with Gasteiger partial charge >= 0.3 is 0 Å². The van der Waals surface area contributed by atoms with E-state index < -0.39 is 11.0 Å². The Morgan fingerprint density at radius 3 is 2.73 bits per heavy atom. The predicted octanol–water partition coefficient (Wildman–Crippen LogP) is 0.716. The molecule has 1 atom stereocenters. The molecule has 1 N–H and O–H groups in total. The van der Waals surface area contributed by atoms with Crippen molar-refractivity contribution in [1.82, 2.24) is 19.9 Å². The average molecular weight is 303 g/mol. The summed E-state index contributed by atoms with van der Waals surface area (Å²) in [5.74, 6) is -0.107. The van der Waals surface area contributed by atoms with E-state index in [2.05, 4.69) is 16.4 Å². The van der Waals surface area contributed by atoms with Crippen molar-refractivity contribution >= 4 is 5.91 Å². The predicted molar refractivity (Wildman–Crippen MR) is 77.3 cm³/mol. The Morgan fingerprint density at radius 2 is 2.09 bits per heavy atom. The van der Waals surface area contributed by atoms with Gasteiger partial charge in [-0.25, -0.2) is 4.68 Å². The summed E-state index contributed by atoms with van der Waals surface area (Å²) < 4.78 is 1.58. The van der Waals surface area contributed by atoms with E-state index in [1.54, 1.807) is 22.0 Å². The van der Waals surface area contributed by atoms with Gasteiger partial charge in [-0.2, -0.15) is 5.26 Å². The number of β-amino-alcohol motifs (C(OH)–C–C–N with tert-alkyl or cyclic N) is 1. The third-order valence-electron chi connectivity index (χ3n) is 4.88. The number of hydrogen-bond donors (Lipinski definition) is 1. The molecular formula is C15H21N5O2. The first kappa shape index (κ1) is 15.0. The van der Waals surface area contributed by atoms with Crippen LogP contribution >= 0.6 is 0 Å². The van der Waals surface area contributed by atoms with Gasteiger partial charge < -0.3 is 10.0 Å². The van der Waals surface area contributed by atoms with Crippen molar-refractivity contribution in [3.05, 3.63) is 12.4 Å². The number of amides is 1. The van der Waals surface area contributed by atoms with Crippen molar-refractivity contribution in [1.29, 1.82) is 5.26 Å². The van der Waals surface area contributed by atoms with Crippen LogP contribution in [0.1, 0.15) is 38.5 Å². The van der Waals surface area contributed by atoms with E-state index in [0.717, 1.165) is 19.3 Å². The molecule has 3 rings (SSSR count). The summed E-state index contributed by atoms with van der Waals surface area (Å²) in [6.07, 6.45) is 7.98. The number of carbonyl (C=O) groups is 1. The first-order valence-electron chi connectivity index (χ1n) is 7.84. The molecule has 1 saturated carbocycles. The monoisotopic (exact) mass is 303 g/mol. The molecule has 7 nitrogen and oxygen atoms in total. The summed E-state index contributed by atoms with van der Waals surface area (Å²) in [7, 11) is 0. The molecule has 2 heterocycles. The molecule has 1 aromatic rings. The number of nitrogens with zero attached hydrogens (tertiary/aromatic N) is 5. The second-order valence-electron chi connectivity index (χ2n) is 6.56. The molecule has 118 valence electrons. The lowest BCUT2D eigenvalue weighted by Crippen LogP contribution is -2.46. The van der Waals surface area contributed by atoms with Crippen molar-refractivity contribution in [2.75, 3.05) is 13.1 Å².